The van der Waals surface area contributed by atoms with Crippen LogP contribution in [-0.2, 0) is 37.1 Å². The number of aromatic amines is 1. The lowest BCUT2D eigenvalue weighted by Gasteiger charge is -2.18. The molecule has 0 fully saturated rings. The van der Waals surface area contributed by atoms with E-state index in [0.717, 1.165) is 50.2 Å². The fourth-order valence-corrected chi connectivity index (χ4v) is 5.59. The minimum Gasteiger partial charge on any atom is -0.361 e. The summed E-state index contributed by atoms with van der Waals surface area (Å²) in [7, 11) is 0. The molecule has 0 aliphatic rings. The highest BCUT2D eigenvalue weighted by Crippen LogP contribution is 2.22. The van der Waals surface area contributed by atoms with E-state index in [4.69, 9.17) is 10.7 Å². The summed E-state index contributed by atoms with van der Waals surface area (Å²) in [5.74, 6) is 0.796. The SMILES string of the molecule is C/C=C(/C)c1ccccc1C.CCCCCCn1c(CNC(=O)C(C)(C)N)nc(CC)c1CCCc1c[nH]c2ccccc12. The van der Waals surface area contributed by atoms with Crippen molar-refractivity contribution >= 4 is 22.4 Å². The van der Waals surface area contributed by atoms with Crippen molar-refractivity contribution in [3.8, 4) is 0 Å². The summed E-state index contributed by atoms with van der Waals surface area (Å²) in [6.45, 7) is 15.6. The second kappa shape index (κ2) is 17.0. The van der Waals surface area contributed by atoms with E-state index >= 15 is 0 Å². The van der Waals surface area contributed by atoms with Crippen molar-refractivity contribution < 1.29 is 4.79 Å². The first kappa shape index (κ1) is 34.8. The van der Waals surface area contributed by atoms with Gasteiger partial charge in [-0.2, -0.15) is 0 Å². The number of nitrogens with two attached hydrogens (primary N) is 1. The van der Waals surface area contributed by atoms with Gasteiger partial charge >= 0.3 is 0 Å². The zero-order valence-electron chi connectivity index (χ0n) is 28.2. The van der Waals surface area contributed by atoms with E-state index in [1.54, 1.807) is 13.8 Å². The van der Waals surface area contributed by atoms with Gasteiger partial charge < -0.3 is 20.6 Å². The second-order valence-electron chi connectivity index (χ2n) is 12.4. The van der Waals surface area contributed by atoms with Crippen LogP contribution in [-0.4, -0.2) is 26.0 Å². The highest BCUT2D eigenvalue weighted by atomic mass is 16.2. The Morgan fingerprint density at radius 2 is 1.75 bits per heavy atom. The molecule has 1 amide bonds. The number of H-pyrrole nitrogens is 1. The number of aromatic nitrogens is 3. The van der Waals surface area contributed by atoms with Gasteiger partial charge in [0.05, 0.1) is 17.8 Å². The molecule has 0 atom stereocenters. The largest absolute Gasteiger partial charge is 0.361 e. The molecule has 6 nitrogen and oxygen atoms in total. The number of carbonyl (C=O) groups excluding carboxylic acids is 1. The number of nitrogens with one attached hydrogen (secondary N) is 2. The van der Waals surface area contributed by atoms with E-state index in [9.17, 15) is 4.79 Å². The zero-order chi connectivity index (χ0) is 32.1. The molecule has 2 heterocycles. The van der Waals surface area contributed by atoms with Crippen molar-refractivity contribution in [3.05, 3.63) is 94.7 Å². The number of aryl methyl sites for hydroxylation is 3. The second-order valence-corrected chi connectivity index (χ2v) is 12.4. The minimum absolute atomic E-state index is 0.151. The van der Waals surface area contributed by atoms with Gasteiger partial charge in [-0.05, 0) is 95.1 Å². The number of fused-ring (bicyclic) bond motifs is 1. The normalized spacial score (nSPS) is 11.9. The molecule has 4 N–H and O–H groups in total. The fourth-order valence-electron chi connectivity index (χ4n) is 5.59. The summed E-state index contributed by atoms with van der Waals surface area (Å²) < 4.78 is 2.37. The highest BCUT2D eigenvalue weighted by Gasteiger charge is 2.23. The van der Waals surface area contributed by atoms with Gasteiger partial charge in [0, 0.05) is 29.3 Å². The molecule has 6 heteroatoms. The topological polar surface area (TPSA) is 88.7 Å². The molecule has 44 heavy (non-hydrogen) atoms. The van der Waals surface area contributed by atoms with Crippen LogP contribution >= 0.6 is 0 Å². The number of nitrogens with zero attached hydrogens (tertiary/aromatic N) is 2. The molecule has 0 saturated heterocycles. The van der Waals surface area contributed by atoms with E-state index in [1.807, 2.05) is 0 Å². The quantitative estimate of drug-likeness (QED) is 0.127. The lowest BCUT2D eigenvalue weighted by molar-refractivity contribution is -0.125. The van der Waals surface area contributed by atoms with Crippen LogP contribution in [0.1, 0.15) is 108 Å². The number of allylic oxidation sites excluding steroid dienone is 2. The van der Waals surface area contributed by atoms with Gasteiger partial charge in [0.25, 0.3) is 0 Å². The van der Waals surface area contributed by atoms with Gasteiger partial charge in [-0.15, -0.1) is 0 Å². The van der Waals surface area contributed by atoms with Crippen LogP contribution in [0.3, 0.4) is 0 Å². The number of hydrogen-bond donors (Lipinski definition) is 3. The first-order valence-electron chi connectivity index (χ1n) is 16.5. The lowest BCUT2D eigenvalue weighted by atomic mass is 10.0. The van der Waals surface area contributed by atoms with Crippen LogP contribution in [0.2, 0.25) is 0 Å². The molecule has 2 aromatic heterocycles. The molecule has 4 aromatic rings. The third-order valence-corrected chi connectivity index (χ3v) is 8.33. The maximum Gasteiger partial charge on any atom is 0.239 e. The molecule has 4 rings (SSSR count). The molecule has 0 unspecified atom stereocenters. The van der Waals surface area contributed by atoms with Crippen molar-refractivity contribution in [3.63, 3.8) is 0 Å². The Labute approximate surface area is 265 Å². The molecular formula is C38H55N5O. The summed E-state index contributed by atoms with van der Waals surface area (Å²) in [6.07, 6.45) is 13.1. The Balaban J connectivity index is 0.000000404. The average Bonchev–Trinajstić information content (AvgIpc) is 3.58. The lowest BCUT2D eigenvalue weighted by Crippen LogP contribution is -2.49. The van der Waals surface area contributed by atoms with Gasteiger partial charge in [0.2, 0.25) is 5.91 Å². The number of hydrogen-bond acceptors (Lipinski definition) is 3. The standard InChI is InChI=1S/C27H41N5O.C11H14/c1-5-7-8-11-17-32-24(16-12-13-20-18-29-23-15-10-9-14-21(20)23)22(6-2)31-25(32)19-30-26(33)27(3,4)28;1-4-9(2)11-8-6-5-7-10(11)3/h9-10,14-15,18,29H,5-8,11-13,16-17,19,28H2,1-4H3,(H,30,33);4-8H,1-3H3/b;9-4-. The van der Waals surface area contributed by atoms with E-state index < -0.39 is 5.54 Å². The Kier molecular flexibility index (Phi) is 13.5. The Hall–Kier alpha value is -3.64. The molecular weight excluding hydrogens is 542 g/mol. The molecule has 0 saturated carbocycles. The van der Waals surface area contributed by atoms with Crippen LogP contribution in [0.4, 0.5) is 0 Å². The molecule has 0 radical (unpaired) electrons. The van der Waals surface area contributed by atoms with E-state index in [0.29, 0.717) is 6.54 Å². The predicted octanol–water partition coefficient (Wildman–Crippen LogP) is 8.45. The maximum atomic E-state index is 12.3. The summed E-state index contributed by atoms with van der Waals surface area (Å²) in [5, 5.41) is 4.31. The van der Waals surface area contributed by atoms with Crippen molar-refractivity contribution in [2.24, 2.45) is 5.73 Å². The Bertz CT molecular complexity index is 1500. The number of para-hydroxylation sites is 1. The van der Waals surface area contributed by atoms with E-state index in [1.165, 1.54) is 58.1 Å². The van der Waals surface area contributed by atoms with Crippen molar-refractivity contribution in [2.45, 2.75) is 118 Å². The predicted molar refractivity (Wildman–Crippen MR) is 187 cm³/mol. The third-order valence-electron chi connectivity index (χ3n) is 8.33. The van der Waals surface area contributed by atoms with Gasteiger partial charge in [0.1, 0.15) is 5.82 Å². The zero-order valence-corrected chi connectivity index (χ0v) is 28.2. The van der Waals surface area contributed by atoms with Crippen LogP contribution in [0.15, 0.2) is 60.8 Å². The Morgan fingerprint density at radius 3 is 2.43 bits per heavy atom. The molecule has 238 valence electrons. The van der Waals surface area contributed by atoms with Crippen LogP contribution in [0.5, 0.6) is 0 Å². The molecule has 0 spiro atoms. The van der Waals surface area contributed by atoms with E-state index in [2.05, 4.69) is 110 Å². The first-order valence-corrected chi connectivity index (χ1v) is 16.5. The van der Waals surface area contributed by atoms with Gasteiger partial charge in [-0.25, -0.2) is 4.98 Å². The fraction of sp³-hybridized carbons (Fsp3) is 0.474. The average molecular weight is 598 g/mol. The summed E-state index contributed by atoms with van der Waals surface area (Å²) in [5.41, 5.74) is 14.2. The number of rotatable bonds is 14. The minimum atomic E-state index is -0.895. The molecule has 0 aliphatic heterocycles. The van der Waals surface area contributed by atoms with Crippen molar-refractivity contribution in [2.75, 3.05) is 0 Å². The monoisotopic (exact) mass is 597 g/mol. The maximum absolute atomic E-state index is 12.3. The third kappa shape index (κ3) is 9.68. The molecule has 2 aromatic carbocycles. The highest BCUT2D eigenvalue weighted by molar-refractivity contribution is 5.85. The summed E-state index contributed by atoms with van der Waals surface area (Å²) >= 11 is 0. The number of unbranched alkanes of at least 4 members (excludes halogenated alkanes) is 3. The number of benzene rings is 2. The van der Waals surface area contributed by atoms with Gasteiger partial charge in [-0.3, -0.25) is 4.79 Å². The molecule has 0 bridgehead atoms. The van der Waals surface area contributed by atoms with E-state index in [-0.39, 0.29) is 5.91 Å². The van der Waals surface area contributed by atoms with Crippen LogP contribution in [0.25, 0.3) is 16.5 Å². The summed E-state index contributed by atoms with van der Waals surface area (Å²) in [4.78, 5) is 20.7. The number of imidazole rings is 1. The smallest absolute Gasteiger partial charge is 0.239 e. The first-order chi connectivity index (χ1) is 21.1. The van der Waals surface area contributed by atoms with Crippen LogP contribution < -0.4 is 11.1 Å². The Morgan fingerprint density at radius 1 is 1.02 bits per heavy atom. The molecule has 0 aliphatic carbocycles. The summed E-state index contributed by atoms with van der Waals surface area (Å²) in [6, 6.07) is 16.9. The van der Waals surface area contributed by atoms with Crippen LogP contribution in [0, 0.1) is 6.92 Å². The van der Waals surface area contributed by atoms with Crippen molar-refractivity contribution in [1.29, 1.82) is 0 Å². The van der Waals surface area contributed by atoms with Gasteiger partial charge in [0.15, 0.2) is 0 Å². The van der Waals surface area contributed by atoms with Gasteiger partial charge in [-0.1, -0.05) is 81.7 Å². The number of amides is 1. The van der Waals surface area contributed by atoms with Crippen molar-refractivity contribution in [1.82, 2.24) is 19.9 Å². The number of carbonyl (C=O) groups is 1.